The number of carbonyl (C=O) groups is 3. The Labute approximate surface area is 196 Å². The van der Waals surface area contributed by atoms with Crippen LogP contribution in [0.25, 0.3) is 0 Å². The number of hydrogen-bond donors (Lipinski definition) is 1. The van der Waals surface area contributed by atoms with Gasteiger partial charge in [0.15, 0.2) is 5.78 Å². The van der Waals surface area contributed by atoms with Crippen molar-refractivity contribution in [3.05, 3.63) is 76.3 Å². The first-order chi connectivity index (χ1) is 16.0. The maximum absolute atomic E-state index is 12.3. The lowest BCUT2D eigenvalue weighted by Gasteiger charge is -2.25. The van der Waals surface area contributed by atoms with E-state index in [1.807, 2.05) is 54.6 Å². The molecule has 3 rings (SSSR count). The molecule has 0 spiro atoms. The van der Waals surface area contributed by atoms with Crippen LogP contribution in [0.15, 0.2) is 65.2 Å². The van der Waals surface area contributed by atoms with Crippen molar-refractivity contribution in [2.75, 3.05) is 12.4 Å². The van der Waals surface area contributed by atoms with Crippen LogP contribution in [0.4, 0.5) is 0 Å². The Balaban J connectivity index is 1.68. The highest BCUT2D eigenvalue weighted by Gasteiger charge is 2.30. The Bertz CT molecular complexity index is 1070. The summed E-state index contributed by atoms with van der Waals surface area (Å²) in [4.78, 5) is 35.8. The topological polar surface area (TPSA) is 105 Å². The molecule has 0 unspecified atom stereocenters. The number of nitrogens with zero attached hydrogens (tertiary/aromatic N) is 1. The standard InChI is InChI=1S/C25H24N2O5S/c1-2-31-24(30)12-19(28)16-33-25-22(14-26)21(13-23(29)27-25)18-8-10-20(11-9-18)32-15-17-6-4-3-5-7-17/h3-11,21H,2,12-13,15-16H2,1H3,(H,27,29)/t21-/m1/s1. The van der Waals surface area contributed by atoms with Crippen molar-refractivity contribution in [2.45, 2.75) is 32.3 Å². The van der Waals surface area contributed by atoms with Gasteiger partial charge in [-0.2, -0.15) is 5.26 Å². The molecule has 1 N–H and O–H groups in total. The van der Waals surface area contributed by atoms with E-state index in [1.165, 1.54) is 0 Å². The summed E-state index contributed by atoms with van der Waals surface area (Å²) in [5, 5.41) is 12.8. The molecule has 2 aromatic rings. The highest BCUT2D eigenvalue weighted by molar-refractivity contribution is 8.03. The lowest BCUT2D eigenvalue weighted by atomic mass is 9.87. The molecule has 0 saturated heterocycles. The second-order valence-corrected chi connectivity index (χ2v) is 8.30. The lowest BCUT2D eigenvalue weighted by molar-refractivity contribution is -0.145. The molecule has 0 bridgehead atoms. The normalized spacial score (nSPS) is 15.4. The Morgan fingerprint density at radius 3 is 2.55 bits per heavy atom. The molecule has 0 saturated carbocycles. The first-order valence-corrected chi connectivity index (χ1v) is 11.5. The molecule has 1 heterocycles. The van der Waals surface area contributed by atoms with Gasteiger partial charge >= 0.3 is 5.97 Å². The Morgan fingerprint density at radius 1 is 1.15 bits per heavy atom. The van der Waals surface area contributed by atoms with Crippen LogP contribution in [-0.4, -0.2) is 30.0 Å². The SMILES string of the molecule is CCOC(=O)CC(=O)CSC1=C(C#N)[C@@H](c2ccc(OCc3ccccc3)cc2)CC(=O)N1. The van der Waals surface area contributed by atoms with E-state index in [0.717, 1.165) is 22.9 Å². The number of amides is 1. The molecule has 8 heteroatoms. The second kappa shape index (κ2) is 11.9. The van der Waals surface area contributed by atoms with Crippen LogP contribution >= 0.6 is 11.8 Å². The van der Waals surface area contributed by atoms with Crippen molar-refractivity contribution >= 4 is 29.4 Å². The van der Waals surface area contributed by atoms with Gasteiger partial charge in [-0.15, -0.1) is 0 Å². The number of hydrogen-bond acceptors (Lipinski definition) is 7. The van der Waals surface area contributed by atoms with Crippen LogP contribution in [0.3, 0.4) is 0 Å². The average molecular weight is 465 g/mol. The number of nitriles is 1. The Hall–Kier alpha value is -3.57. The van der Waals surface area contributed by atoms with E-state index in [-0.39, 0.29) is 36.9 Å². The van der Waals surface area contributed by atoms with E-state index in [9.17, 15) is 19.6 Å². The number of esters is 1. The predicted octanol–water partition coefficient (Wildman–Crippen LogP) is 3.86. The van der Waals surface area contributed by atoms with E-state index in [4.69, 9.17) is 9.47 Å². The molecule has 7 nitrogen and oxygen atoms in total. The third-order valence-electron chi connectivity index (χ3n) is 4.91. The van der Waals surface area contributed by atoms with Crippen LogP contribution in [0.2, 0.25) is 0 Å². The Kier molecular flexibility index (Phi) is 8.67. The van der Waals surface area contributed by atoms with Gasteiger partial charge in [0.05, 0.1) is 29.0 Å². The number of Topliss-reactive ketones (excluding diaryl/α,β-unsaturated/α-hetero) is 1. The maximum atomic E-state index is 12.3. The summed E-state index contributed by atoms with van der Waals surface area (Å²) in [6.45, 7) is 2.31. The average Bonchev–Trinajstić information content (AvgIpc) is 2.82. The van der Waals surface area contributed by atoms with E-state index >= 15 is 0 Å². The Morgan fingerprint density at radius 2 is 1.88 bits per heavy atom. The fraction of sp³-hybridized carbons (Fsp3) is 0.280. The number of ether oxygens (including phenoxy) is 2. The van der Waals surface area contributed by atoms with Gasteiger partial charge in [0.1, 0.15) is 18.8 Å². The van der Waals surface area contributed by atoms with E-state index < -0.39 is 11.9 Å². The summed E-state index contributed by atoms with van der Waals surface area (Å²) in [6, 6.07) is 19.3. The van der Waals surface area contributed by atoms with Crippen molar-refractivity contribution < 1.29 is 23.9 Å². The van der Waals surface area contributed by atoms with Crippen LogP contribution in [0.1, 0.15) is 36.8 Å². The van der Waals surface area contributed by atoms with E-state index in [1.54, 1.807) is 6.92 Å². The summed E-state index contributed by atoms with van der Waals surface area (Å²) in [6.07, 6.45) is -0.203. The number of rotatable bonds is 10. The van der Waals surface area contributed by atoms with Crippen molar-refractivity contribution in [3.8, 4) is 11.8 Å². The van der Waals surface area contributed by atoms with Gasteiger partial charge in [-0.3, -0.25) is 14.4 Å². The van der Waals surface area contributed by atoms with Gasteiger partial charge in [-0.05, 0) is 30.2 Å². The number of allylic oxidation sites excluding steroid dienone is 1. The second-order valence-electron chi connectivity index (χ2n) is 7.31. The van der Waals surface area contributed by atoms with Crippen molar-refractivity contribution in [1.29, 1.82) is 5.26 Å². The van der Waals surface area contributed by atoms with Gasteiger partial charge in [0.25, 0.3) is 0 Å². The van der Waals surface area contributed by atoms with E-state index in [0.29, 0.717) is 23.0 Å². The predicted molar refractivity (Wildman–Crippen MR) is 124 cm³/mol. The summed E-state index contributed by atoms with van der Waals surface area (Å²) < 4.78 is 10.6. The smallest absolute Gasteiger partial charge is 0.313 e. The van der Waals surface area contributed by atoms with Crippen LogP contribution in [0.5, 0.6) is 5.75 Å². The van der Waals surface area contributed by atoms with Crippen LogP contribution < -0.4 is 10.1 Å². The maximum Gasteiger partial charge on any atom is 0.313 e. The molecule has 0 radical (unpaired) electrons. The summed E-state index contributed by atoms with van der Waals surface area (Å²) >= 11 is 1.05. The highest BCUT2D eigenvalue weighted by atomic mass is 32.2. The fourth-order valence-electron chi connectivity index (χ4n) is 3.33. The molecule has 1 aliphatic rings. The minimum absolute atomic E-state index is 0.0431. The fourth-order valence-corrected chi connectivity index (χ4v) is 4.27. The van der Waals surface area contributed by atoms with Crippen LogP contribution in [0, 0.1) is 11.3 Å². The van der Waals surface area contributed by atoms with Crippen molar-refractivity contribution in [2.24, 2.45) is 0 Å². The molecular formula is C25H24N2O5S. The summed E-state index contributed by atoms with van der Waals surface area (Å²) in [7, 11) is 0. The van der Waals surface area contributed by atoms with Gasteiger partial charge in [-0.25, -0.2) is 0 Å². The number of thioether (sulfide) groups is 1. The molecule has 33 heavy (non-hydrogen) atoms. The number of nitrogens with one attached hydrogen (secondary N) is 1. The monoisotopic (exact) mass is 464 g/mol. The molecule has 0 aliphatic carbocycles. The molecule has 1 aliphatic heterocycles. The van der Waals surface area contributed by atoms with Gasteiger partial charge in [0, 0.05) is 12.3 Å². The number of benzene rings is 2. The molecule has 170 valence electrons. The van der Waals surface area contributed by atoms with Gasteiger partial charge in [0.2, 0.25) is 5.91 Å². The van der Waals surface area contributed by atoms with Crippen molar-refractivity contribution in [3.63, 3.8) is 0 Å². The first-order valence-electron chi connectivity index (χ1n) is 10.5. The molecule has 0 fully saturated rings. The summed E-state index contributed by atoms with van der Waals surface area (Å²) in [5.41, 5.74) is 2.25. The zero-order valence-corrected chi connectivity index (χ0v) is 19.0. The third kappa shape index (κ3) is 6.96. The van der Waals surface area contributed by atoms with Crippen LogP contribution in [-0.2, 0) is 25.7 Å². The minimum Gasteiger partial charge on any atom is -0.489 e. The molecule has 1 atom stereocenters. The first kappa shape index (κ1) is 24.1. The quantitative estimate of drug-likeness (QED) is 0.420. The molecule has 0 aromatic heterocycles. The summed E-state index contributed by atoms with van der Waals surface area (Å²) in [5.74, 6) is -0.932. The minimum atomic E-state index is -0.585. The van der Waals surface area contributed by atoms with Gasteiger partial charge < -0.3 is 14.8 Å². The third-order valence-corrected chi connectivity index (χ3v) is 5.99. The largest absolute Gasteiger partial charge is 0.489 e. The zero-order chi connectivity index (χ0) is 23.6. The molecule has 1 amide bonds. The lowest BCUT2D eigenvalue weighted by Crippen LogP contribution is -2.31. The van der Waals surface area contributed by atoms with Crippen molar-refractivity contribution in [1.82, 2.24) is 5.32 Å². The highest BCUT2D eigenvalue weighted by Crippen LogP contribution is 2.36. The molecule has 2 aromatic carbocycles. The number of ketones is 1. The zero-order valence-electron chi connectivity index (χ0n) is 18.2. The number of carbonyl (C=O) groups excluding carboxylic acids is 3. The van der Waals surface area contributed by atoms with Gasteiger partial charge in [-0.1, -0.05) is 54.2 Å². The van der Waals surface area contributed by atoms with E-state index in [2.05, 4.69) is 11.4 Å². The molecular weight excluding hydrogens is 440 g/mol.